The first kappa shape index (κ1) is 18.9. The number of hydrazine groups is 1. The average Bonchev–Trinajstić information content (AvgIpc) is 3.36. The molecule has 0 spiro atoms. The maximum absolute atomic E-state index is 15.1. The maximum atomic E-state index is 15.1. The normalized spacial score (nSPS) is 24.4. The van der Waals surface area contributed by atoms with Crippen LogP contribution in [0, 0.1) is 18.7 Å². The van der Waals surface area contributed by atoms with Gasteiger partial charge in [-0.3, -0.25) is 5.84 Å². The minimum Gasteiger partial charge on any atom is -0.380 e. The van der Waals surface area contributed by atoms with Gasteiger partial charge in [0.15, 0.2) is 0 Å². The Labute approximate surface area is 161 Å². The Balaban J connectivity index is 1.60. The molecule has 0 radical (unpaired) electrons. The maximum Gasteiger partial charge on any atom is 0.147 e. The summed E-state index contributed by atoms with van der Waals surface area (Å²) < 4.78 is 20.6. The van der Waals surface area contributed by atoms with Crippen LogP contribution in [-0.2, 0) is 11.3 Å². The molecule has 4 rings (SSSR count). The van der Waals surface area contributed by atoms with Gasteiger partial charge in [0, 0.05) is 44.0 Å². The van der Waals surface area contributed by atoms with Crippen molar-refractivity contribution in [2.75, 3.05) is 42.8 Å². The van der Waals surface area contributed by atoms with Gasteiger partial charge in [-0.05, 0) is 56.2 Å². The molecule has 0 bridgehead atoms. The van der Waals surface area contributed by atoms with Gasteiger partial charge in [-0.2, -0.15) is 0 Å². The van der Waals surface area contributed by atoms with E-state index in [-0.39, 0.29) is 11.9 Å². The first-order chi connectivity index (χ1) is 13.0. The second-order valence-electron chi connectivity index (χ2n) is 8.25. The molecular weight excluding hydrogens is 345 g/mol. The molecule has 7 heteroatoms. The van der Waals surface area contributed by atoms with Gasteiger partial charge in [-0.25, -0.2) is 9.40 Å². The molecule has 1 aromatic carbocycles. The van der Waals surface area contributed by atoms with Gasteiger partial charge < -0.3 is 20.3 Å². The van der Waals surface area contributed by atoms with Gasteiger partial charge in [0.1, 0.15) is 5.82 Å². The molecule has 2 atom stereocenters. The summed E-state index contributed by atoms with van der Waals surface area (Å²) in [5.41, 5.74) is 10.3. The van der Waals surface area contributed by atoms with Crippen LogP contribution >= 0.6 is 0 Å². The van der Waals surface area contributed by atoms with E-state index in [4.69, 9.17) is 16.3 Å². The molecule has 2 heterocycles. The van der Waals surface area contributed by atoms with Crippen molar-refractivity contribution in [3.8, 4) is 0 Å². The molecule has 0 unspecified atom stereocenters. The van der Waals surface area contributed by atoms with E-state index in [1.807, 2.05) is 6.92 Å². The fourth-order valence-electron chi connectivity index (χ4n) is 4.68. The summed E-state index contributed by atoms with van der Waals surface area (Å²) in [4.78, 5) is 4.55. The van der Waals surface area contributed by atoms with Gasteiger partial charge in [0.25, 0.3) is 0 Å². The van der Waals surface area contributed by atoms with E-state index >= 15 is 4.39 Å². The number of halogens is 1. The number of hydrogen-bond acceptors (Lipinski definition) is 6. The topological polar surface area (TPSA) is 71.0 Å². The van der Waals surface area contributed by atoms with Crippen molar-refractivity contribution in [2.45, 2.75) is 51.7 Å². The Morgan fingerprint density at radius 1 is 1.30 bits per heavy atom. The van der Waals surface area contributed by atoms with Gasteiger partial charge >= 0.3 is 0 Å². The Morgan fingerprint density at radius 3 is 2.78 bits per heavy atom. The molecule has 2 aliphatic heterocycles. The zero-order valence-corrected chi connectivity index (χ0v) is 16.5. The molecule has 2 fully saturated rings. The van der Waals surface area contributed by atoms with Crippen molar-refractivity contribution < 1.29 is 9.13 Å². The van der Waals surface area contributed by atoms with E-state index < -0.39 is 0 Å². The van der Waals surface area contributed by atoms with Crippen LogP contribution in [0.4, 0.5) is 15.8 Å². The molecule has 3 aliphatic rings. The predicted octanol–water partition coefficient (Wildman–Crippen LogP) is 1.94. The average molecular weight is 378 g/mol. The van der Waals surface area contributed by atoms with Gasteiger partial charge in [-0.1, -0.05) is 0 Å². The van der Waals surface area contributed by atoms with E-state index in [9.17, 15) is 0 Å². The number of nitrogens with two attached hydrogens (primary N) is 2. The van der Waals surface area contributed by atoms with E-state index in [1.165, 1.54) is 18.5 Å². The minimum atomic E-state index is -0.142. The first-order valence-electron chi connectivity index (χ1n) is 10.2. The number of fused-ring (bicyclic) bond motifs is 1. The summed E-state index contributed by atoms with van der Waals surface area (Å²) in [6, 6.07) is 2.24. The van der Waals surface area contributed by atoms with E-state index in [1.54, 1.807) is 11.1 Å². The summed E-state index contributed by atoms with van der Waals surface area (Å²) >= 11 is 0. The minimum absolute atomic E-state index is 0.00436. The van der Waals surface area contributed by atoms with Crippen molar-refractivity contribution in [3.63, 3.8) is 0 Å². The number of rotatable bonds is 6. The second kappa shape index (κ2) is 7.54. The molecule has 1 saturated carbocycles. The summed E-state index contributed by atoms with van der Waals surface area (Å²) in [6.45, 7) is 8.23. The van der Waals surface area contributed by atoms with Crippen molar-refractivity contribution in [3.05, 3.63) is 23.0 Å². The molecule has 1 saturated heterocycles. The summed E-state index contributed by atoms with van der Waals surface area (Å²) in [5.74, 6) is 6.29. The molecule has 150 valence electrons. The largest absolute Gasteiger partial charge is 0.380 e. The Kier molecular flexibility index (Phi) is 5.29. The lowest BCUT2D eigenvalue weighted by Gasteiger charge is -2.39. The predicted molar refractivity (Wildman–Crippen MR) is 106 cm³/mol. The van der Waals surface area contributed by atoms with Crippen LogP contribution < -0.4 is 21.4 Å². The highest BCUT2D eigenvalue weighted by Crippen LogP contribution is 2.43. The Hall–Kier alpha value is -1.41. The molecule has 1 aliphatic carbocycles. The van der Waals surface area contributed by atoms with Crippen LogP contribution in [0.5, 0.6) is 0 Å². The lowest BCUT2D eigenvalue weighted by Crippen LogP contribution is -2.47. The van der Waals surface area contributed by atoms with Crippen molar-refractivity contribution in [2.24, 2.45) is 17.5 Å². The molecule has 1 aromatic rings. The first-order valence-corrected chi connectivity index (χ1v) is 10.2. The van der Waals surface area contributed by atoms with Crippen LogP contribution in [0.3, 0.4) is 0 Å². The Morgan fingerprint density at radius 2 is 2.07 bits per heavy atom. The highest BCUT2D eigenvalue weighted by atomic mass is 19.1. The molecule has 0 amide bonds. The molecular formula is C20H32FN5O. The van der Waals surface area contributed by atoms with E-state index in [2.05, 4.69) is 16.7 Å². The van der Waals surface area contributed by atoms with Crippen molar-refractivity contribution in [1.29, 1.82) is 0 Å². The number of nitrogens with zero attached hydrogens (tertiary/aromatic N) is 3. The van der Waals surface area contributed by atoms with Gasteiger partial charge in [0.05, 0.1) is 19.0 Å². The fourth-order valence-corrected chi connectivity index (χ4v) is 4.68. The third-order valence-electron chi connectivity index (χ3n) is 6.18. The number of benzene rings is 1. The number of hydrogen-bond donors (Lipinski definition) is 2. The Bertz CT molecular complexity index is 695. The van der Waals surface area contributed by atoms with Crippen LogP contribution in [0.2, 0.25) is 0 Å². The lowest BCUT2D eigenvalue weighted by molar-refractivity contribution is 0.119. The smallest absolute Gasteiger partial charge is 0.147 e. The third-order valence-corrected chi connectivity index (χ3v) is 6.18. The monoisotopic (exact) mass is 377 g/mol. The van der Waals surface area contributed by atoms with Crippen LogP contribution in [0.1, 0.15) is 37.3 Å². The van der Waals surface area contributed by atoms with Gasteiger partial charge in [0.2, 0.25) is 0 Å². The zero-order chi connectivity index (χ0) is 19.1. The standard InChI is InChI=1S/C20H32FN5O/c1-3-27-11-18(22)14-6-7-24(9-14)20-13(2)19-15(8-17(20)21)10-25(23)12-26(19)16-4-5-16/h8,14,16,18H,3-7,9-12,22-23H2,1-2H3/t14-,18-/m1/s1. The molecule has 0 aromatic heterocycles. The van der Waals surface area contributed by atoms with Crippen LogP contribution in [0.15, 0.2) is 6.07 Å². The highest BCUT2D eigenvalue weighted by Gasteiger charge is 2.37. The van der Waals surface area contributed by atoms with Gasteiger partial charge in [-0.15, -0.1) is 0 Å². The van der Waals surface area contributed by atoms with Crippen LogP contribution in [0.25, 0.3) is 0 Å². The van der Waals surface area contributed by atoms with Crippen LogP contribution in [-0.4, -0.2) is 50.1 Å². The second-order valence-corrected chi connectivity index (χ2v) is 8.25. The fraction of sp³-hybridized carbons (Fsp3) is 0.700. The highest BCUT2D eigenvalue weighted by molar-refractivity contribution is 5.73. The number of anilines is 2. The molecule has 6 nitrogen and oxygen atoms in total. The summed E-state index contributed by atoms with van der Waals surface area (Å²) in [6.07, 6.45) is 3.36. The zero-order valence-electron chi connectivity index (χ0n) is 16.5. The quantitative estimate of drug-likeness (QED) is 0.739. The van der Waals surface area contributed by atoms with E-state index in [0.717, 1.165) is 36.3 Å². The molecule has 4 N–H and O–H groups in total. The third kappa shape index (κ3) is 3.66. The van der Waals surface area contributed by atoms with Crippen molar-refractivity contribution in [1.82, 2.24) is 5.01 Å². The lowest BCUT2D eigenvalue weighted by atomic mass is 10.00. The summed E-state index contributed by atoms with van der Waals surface area (Å²) in [7, 11) is 0. The van der Waals surface area contributed by atoms with Crippen molar-refractivity contribution >= 4 is 11.4 Å². The summed E-state index contributed by atoms with van der Waals surface area (Å²) in [5, 5.41) is 1.78. The SMILES string of the molecule is CCOC[C@@H](N)[C@@H]1CCN(c2c(F)cc3c(c2C)N(C2CC2)CN(N)C3)C1. The number of ether oxygens (including phenoxy) is 1. The van der Waals surface area contributed by atoms with E-state index in [0.29, 0.717) is 38.4 Å². The molecule has 27 heavy (non-hydrogen) atoms.